The smallest absolute Gasteiger partial charge is 0.336 e. The molecule has 0 saturated heterocycles. The number of benzene rings is 1. The number of carbonyl (C=O) groups excluding carboxylic acids is 4. The third kappa shape index (κ3) is 4.43. The summed E-state index contributed by atoms with van der Waals surface area (Å²) in [6, 6.07) is 6.49. The number of esters is 1. The van der Waals surface area contributed by atoms with Gasteiger partial charge in [0.1, 0.15) is 0 Å². The van der Waals surface area contributed by atoms with Crippen LogP contribution in [0, 0.1) is 5.92 Å². The average Bonchev–Trinajstić information content (AvgIpc) is 2.54. The Morgan fingerprint density at radius 1 is 1.12 bits per heavy atom. The number of carbonyl (C=O) groups is 4. The summed E-state index contributed by atoms with van der Waals surface area (Å²) in [5, 5.41) is 7.82. The first-order chi connectivity index (χ1) is 11.8. The highest BCUT2D eigenvalue weighted by molar-refractivity contribution is 6.06. The molecule has 8 nitrogen and oxygen atoms in total. The van der Waals surface area contributed by atoms with Gasteiger partial charge in [0.05, 0.1) is 18.6 Å². The number of allylic oxidation sites excluding steroid dienone is 1. The van der Waals surface area contributed by atoms with Crippen LogP contribution in [0.1, 0.15) is 20.3 Å². The average molecular weight is 345 g/mol. The minimum absolute atomic E-state index is 0.134. The van der Waals surface area contributed by atoms with Crippen molar-refractivity contribution in [1.29, 1.82) is 0 Å². The van der Waals surface area contributed by atoms with Gasteiger partial charge in [0.15, 0.2) is 0 Å². The Hall–Kier alpha value is -3.16. The molecule has 2 rings (SSSR count). The summed E-state index contributed by atoms with van der Waals surface area (Å²) in [7, 11) is 1.22. The fourth-order valence-electron chi connectivity index (χ4n) is 2.57. The quantitative estimate of drug-likeness (QED) is 0.709. The number of hydrogen-bond donors (Lipinski definition) is 3. The zero-order chi connectivity index (χ0) is 18.6. The van der Waals surface area contributed by atoms with E-state index < -0.39 is 17.8 Å². The summed E-state index contributed by atoms with van der Waals surface area (Å²) in [4.78, 5) is 47.2. The minimum atomic E-state index is -0.934. The van der Waals surface area contributed by atoms with Gasteiger partial charge in [-0.05, 0) is 31.2 Å². The maximum atomic E-state index is 12.5. The minimum Gasteiger partial charge on any atom is -0.466 e. The Bertz CT molecular complexity index is 752. The Morgan fingerprint density at radius 2 is 1.68 bits per heavy atom. The fourth-order valence-corrected chi connectivity index (χ4v) is 2.57. The van der Waals surface area contributed by atoms with Crippen molar-refractivity contribution in [2.45, 2.75) is 20.3 Å². The van der Waals surface area contributed by atoms with Crippen LogP contribution in [0.2, 0.25) is 0 Å². The SMILES string of the molecule is COC(=O)C1=C(C)NC(=O)C[C@H]1C(=O)Nc1ccc(NC(C)=O)cc1. The van der Waals surface area contributed by atoms with Crippen LogP contribution < -0.4 is 16.0 Å². The van der Waals surface area contributed by atoms with E-state index in [1.807, 2.05) is 0 Å². The van der Waals surface area contributed by atoms with E-state index in [1.165, 1.54) is 14.0 Å². The van der Waals surface area contributed by atoms with Gasteiger partial charge in [-0.1, -0.05) is 0 Å². The molecule has 1 aromatic carbocycles. The van der Waals surface area contributed by atoms with Crippen LogP contribution in [0.15, 0.2) is 35.5 Å². The molecule has 3 N–H and O–H groups in total. The van der Waals surface area contributed by atoms with Crippen molar-refractivity contribution in [3.05, 3.63) is 35.5 Å². The molecule has 0 aliphatic carbocycles. The monoisotopic (exact) mass is 345 g/mol. The fraction of sp³-hybridized carbons (Fsp3) is 0.294. The number of nitrogens with one attached hydrogen (secondary N) is 3. The van der Waals surface area contributed by atoms with Crippen molar-refractivity contribution in [2.24, 2.45) is 5.92 Å². The second kappa shape index (κ2) is 7.61. The van der Waals surface area contributed by atoms with Gasteiger partial charge in [-0.25, -0.2) is 4.79 Å². The molecular formula is C17H19N3O5. The molecule has 0 saturated carbocycles. The summed E-state index contributed by atoms with van der Waals surface area (Å²) in [5.74, 6) is -2.61. The Balaban J connectivity index is 2.18. The van der Waals surface area contributed by atoms with Crippen molar-refractivity contribution in [2.75, 3.05) is 17.7 Å². The zero-order valence-corrected chi connectivity index (χ0v) is 14.1. The highest BCUT2D eigenvalue weighted by atomic mass is 16.5. The van der Waals surface area contributed by atoms with Crippen LogP contribution in [0.3, 0.4) is 0 Å². The predicted molar refractivity (Wildman–Crippen MR) is 90.3 cm³/mol. The molecule has 0 fully saturated rings. The summed E-state index contributed by atoms with van der Waals surface area (Å²) < 4.78 is 4.71. The standard InChI is InChI=1S/C17H19N3O5/c1-9-15(17(24)25-3)13(8-14(22)18-9)16(23)20-12-6-4-11(5-7-12)19-10(2)21/h4-7,13H,8H2,1-3H3,(H,18,22)(H,19,21)(H,20,23)/t13-/m1/s1. The first-order valence-corrected chi connectivity index (χ1v) is 7.59. The summed E-state index contributed by atoms with van der Waals surface area (Å²) in [6.07, 6.45) is -0.141. The lowest BCUT2D eigenvalue weighted by Gasteiger charge is -2.25. The molecule has 0 aromatic heterocycles. The molecular weight excluding hydrogens is 326 g/mol. The number of anilines is 2. The van der Waals surface area contributed by atoms with Crippen molar-refractivity contribution in [3.63, 3.8) is 0 Å². The largest absolute Gasteiger partial charge is 0.466 e. The molecule has 0 bridgehead atoms. The van der Waals surface area contributed by atoms with Crippen LogP contribution in [0.5, 0.6) is 0 Å². The zero-order valence-electron chi connectivity index (χ0n) is 14.1. The van der Waals surface area contributed by atoms with Crippen molar-refractivity contribution in [3.8, 4) is 0 Å². The first-order valence-electron chi connectivity index (χ1n) is 7.59. The van der Waals surface area contributed by atoms with Crippen molar-refractivity contribution >= 4 is 35.1 Å². The van der Waals surface area contributed by atoms with Gasteiger partial charge >= 0.3 is 5.97 Å². The van der Waals surface area contributed by atoms with E-state index in [0.717, 1.165) is 0 Å². The molecule has 132 valence electrons. The summed E-state index contributed by atoms with van der Waals surface area (Å²) in [5.41, 5.74) is 1.51. The highest BCUT2D eigenvalue weighted by Gasteiger charge is 2.36. The molecule has 25 heavy (non-hydrogen) atoms. The van der Waals surface area contributed by atoms with Crippen LogP contribution in [0.25, 0.3) is 0 Å². The van der Waals surface area contributed by atoms with Gasteiger partial charge in [-0.3, -0.25) is 14.4 Å². The highest BCUT2D eigenvalue weighted by Crippen LogP contribution is 2.26. The lowest BCUT2D eigenvalue weighted by Crippen LogP contribution is -2.40. The van der Waals surface area contributed by atoms with Crippen LogP contribution in [-0.4, -0.2) is 30.8 Å². The van der Waals surface area contributed by atoms with Gasteiger partial charge in [0.25, 0.3) is 0 Å². The molecule has 8 heteroatoms. The Kier molecular flexibility index (Phi) is 5.53. The van der Waals surface area contributed by atoms with Gasteiger partial charge in [0, 0.05) is 30.4 Å². The second-order valence-corrected chi connectivity index (χ2v) is 5.58. The van der Waals surface area contributed by atoms with Gasteiger partial charge < -0.3 is 20.7 Å². The lowest BCUT2D eigenvalue weighted by molar-refractivity contribution is -0.139. The molecule has 0 spiro atoms. The van der Waals surface area contributed by atoms with Crippen LogP contribution >= 0.6 is 0 Å². The van der Waals surface area contributed by atoms with Crippen LogP contribution in [0.4, 0.5) is 11.4 Å². The summed E-state index contributed by atoms with van der Waals surface area (Å²) in [6.45, 7) is 2.94. The molecule has 1 aliphatic heterocycles. The number of hydrogen-bond acceptors (Lipinski definition) is 5. The van der Waals surface area contributed by atoms with E-state index in [1.54, 1.807) is 31.2 Å². The second-order valence-electron chi connectivity index (χ2n) is 5.58. The van der Waals surface area contributed by atoms with Crippen molar-refractivity contribution in [1.82, 2.24) is 5.32 Å². The number of rotatable bonds is 4. The van der Waals surface area contributed by atoms with E-state index in [0.29, 0.717) is 17.1 Å². The number of methoxy groups -OCH3 is 1. The molecule has 1 heterocycles. The van der Waals surface area contributed by atoms with Gasteiger partial charge in [-0.2, -0.15) is 0 Å². The molecule has 0 unspecified atom stereocenters. The van der Waals surface area contributed by atoms with E-state index >= 15 is 0 Å². The molecule has 0 radical (unpaired) electrons. The Labute approximate surface area is 144 Å². The molecule has 1 aliphatic rings. The van der Waals surface area contributed by atoms with Crippen LogP contribution in [-0.2, 0) is 23.9 Å². The van der Waals surface area contributed by atoms with E-state index in [-0.39, 0.29) is 23.8 Å². The maximum Gasteiger partial charge on any atom is 0.336 e. The number of ether oxygens (including phenoxy) is 1. The summed E-state index contributed by atoms with van der Waals surface area (Å²) >= 11 is 0. The number of amides is 3. The van der Waals surface area contributed by atoms with Crippen molar-refractivity contribution < 1.29 is 23.9 Å². The van der Waals surface area contributed by atoms with E-state index in [2.05, 4.69) is 16.0 Å². The topological polar surface area (TPSA) is 114 Å². The molecule has 1 atom stereocenters. The lowest BCUT2D eigenvalue weighted by atomic mass is 9.89. The third-order valence-electron chi connectivity index (χ3n) is 3.66. The third-order valence-corrected chi connectivity index (χ3v) is 3.66. The normalized spacial score (nSPS) is 16.8. The molecule has 3 amide bonds. The van der Waals surface area contributed by atoms with Gasteiger partial charge in [-0.15, -0.1) is 0 Å². The molecule has 1 aromatic rings. The van der Waals surface area contributed by atoms with E-state index in [4.69, 9.17) is 4.74 Å². The van der Waals surface area contributed by atoms with Gasteiger partial charge in [0.2, 0.25) is 17.7 Å². The Morgan fingerprint density at radius 3 is 2.20 bits per heavy atom. The predicted octanol–water partition coefficient (Wildman–Crippen LogP) is 1.17. The first kappa shape index (κ1) is 18.2. The van der Waals surface area contributed by atoms with E-state index in [9.17, 15) is 19.2 Å². The maximum absolute atomic E-state index is 12.5.